The van der Waals surface area contributed by atoms with E-state index in [1.165, 1.54) is 0 Å². The highest BCUT2D eigenvalue weighted by atomic mass is 19.1. The van der Waals surface area contributed by atoms with Crippen molar-refractivity contribution in [2.75, 3.05) is 25.5 Å². The molecule has 1 aliphatic heterocycles. The summed E-state index contributed by atoms with van der Waals surface area (Å²) in [5, 5.41) is 3.48. The molecule has 0 unspecified atom stereocenters. The van der Waals surface area contributed by atoms with Crippen molar-refractivity contribution in [3.8, 4) is 23.0 Å². The van der Waals surface area contributed by atoms with Crippen molar-refractivity contribution in [3.05, 3.63) is 41.6 Å². The highest BCUT2D eigenvalue weighted by Gasteiger charge is 2.23. The lowest BCUT2D eigenvalue weighted by Gasteiger charge is -2.21. The number of aromatic nitrogens is 5. The molecule has 0 atom stereocenters. The minimum absolute atomic E-state index is 0.00713. The molecule has 0 fully saturated rings. The van der Waals surface area contributed by atoms with E-state index >= 15 is 0 Å². The lowest BCUT2D eigenvalue weighted by Crippen LogP contribution is -2.36. The molecule has 3 aromatic heterocycles. The van der Waals surface area contributed by atoms with Crippen LogP contribution in [0.1, 0.15) is 44.3 Å². The van der Waals surface area contributed by atoms with Gasteiger partial charge in [-0.2, -0.15) is 14.4 Å². The van der Waals surface area contributed by atoms with Gasteiger partial charge in [-0.05, 0) is 58.4 Å². The van der Waals surface area contributed by atoms with Crippen molar-refractivity contribution in [1.82, 2.24) is 29.8 Å². The van der Waals surface area contributed by atoms with E-state index in [4.69, 9.17) is 24.6 Å². The number of hydrogen-bond acceptors (Lipinski definition) is 9. The van der Waals surface area contributed by atoms with Gasteiger partial charge in [-0.25, -0.2) is 9.97 Å². The van der Waals surface area contributed by atoms with Gasteiger partial charge in [0.05, 0.1) is 6.20 Å². The van der Waals surface area contributed by atoms with Crippen molar-refractivity contribution in [1.29, 1.82) is 0 Å². The molecule has 0 amide bonds. The molecule has 11 heteroatoms. The number of halogens is 1. The zero-order valence-corrected chi connectivity index (χ0v) is 20.9. The van der Waals surface area contributed by atoms with E-state index in [1.54, 1.807) is 6.20 Å². The van der Waals surface area contributed by atoms with Gasteiger partial charge >= 0.3 is 6.08 Å². The quantitative estimate of drug-likeness (QED) is 0.292. The minimum Gasteiger partial charge on any atom is -0.486 e. The maximum Gasteiger partial charge on any atom is 0.312 e. The highest BCUT2D eigenvalue weighted by Crippen LogP contribution is 2.38. The number of nitrogens with one attached hydrogen (secondary N) is 1. The molecule has 1 aliphatic rings. The number of benzene rings is 1. The molecule has 0 saturated carbocycles. The maximum atomic E-state index is 14.1. The van der Waals surface area contributed by atoms with Crippen LogP contribution in [0, 0.1) is 13.0 Å². The first kappa shape index (κ1) is 24.0. The first-order valence-electron chi connectivity index (χ1n) is 12.0. The van der Waals surface area contributed by atoms with Crippen LogP contribution in [0.5, 0.6) is 11.5 Å². The molecule has 0 saturated heterocycles. The number of fused-ring (bicyclic) bond motifs is 2. The Morgan fingerprint density at radius 2 is 1.86 bits per heavy atom. The lowest BCUT2D eigenvalue weighted by molar-refractivity contribution is 0.171. The number of anilines is 1. The molecule has 190 valence electrons. The second-order valence-electron chi connectivity index (χ2n) is 9.87. The van der Waals surface area contributed by atoms with Crippen LogP contribution in [-0.2, 0) is 13.0 Å². The smallest absolute Gasteiger partial charge is 0.312 e. The summed E-state index contributed by atoms with van der Waals surface area (Å²) in [6, 6.07) is 3.80. The fourth-order valence-corrected chi connectivity index (χ4v) is 4.24. The molecule has 1 aromatic carbocycles. The molecule has 3 N–H and O–H groups in total. The molecule has 5 rings (SSSR count). The Balaban J connectivity index is 1.56. The Bertz CT molecular complexity index is 1410. The SMILES string of the molecule is Cc1cnc(-c2cc3c(cc2Cc2nc4c(N)nc(F)nc4n2CCCNC(C)(C)C)OCCO3)o1. The van der Waals surface area contributed by atoms with Gasteiger partial charge in [-0.3, -0.25) is 0 Å². The van der Waals surface area contributed by atoms with Gasteiger partial charge in [-0.15, -0.1) is 0 Å². The molecule has 0 bridgehead atoms. The summed E-state index contributed by atoms with van der Waals surface area (Å²) in [5.41, 5.74) is 8.40. The topological polar surface area (TPSA) is 126 Å². The standard InChI is InChI=1S/C25H30FN7O3/c1-14-13-28-23(36-14)16-12-18-17(34-8-9-35-18)10-15(16)11-19-30-20-21(27)31-24(26)32-22(20)33(19)7-5-6-29-25(2,3)4/h10,12-13,29H,5-9,11H2,1-4H3,(H2,27,31,32). The van der Waals surface area contributed by atoms with Gasteiger partial charge < -0.3 is 29.5 Å². The van der Waals surface area contributed by atoms with E-state index in [1.807, 2.05) is 23.6 Å². The first-order chi connectivity index (χ1) is 17.2. The molecule has 0 aliphatic carbocycles. The summed E-state index contributed by atoms with van der Waals surface area (Å²) in [6.45, 7) is 10.5. The van der Waals surface area contributed by atoms with Crippen LogP contribution < -0.4 is 20.5 Å². The van der Waals surface area contributed by atoms with Crippen molar-refractivity contribution in [2.45, 2.75) is 52.6 Å². The summed E-state index contributed by atoms with van der Waals surface area (Å²) in [6.07, 6.45) is 1.97. The Kier molecular flexibility index (Phi) is 6.25. The summed E-state index contributed by atoms with van der Waals surface area (Å²) in [4.78, 5) is 16.8. The second kappa shape index (κ2) is 9.38. The largest absolute Gasteiger partial charge is 0.486 e. The molecular weight excluding hydrogens is 465 g/mol. The van der Waals surface area contributed by atoms with E-state index < -0.39 is 6.08 Å². The summed E-state index contributed by atoms with van der Waals surface area (Å²) >= 11 is 0. The molecule has 0 spiro atoms. The number of rotatable bonds is 7. The Hall–Kier alpha value is -3.73. The molecule has 10 nitrogen and oxygen atoms in total. The van der Waals surface area contributed by atoms with Crippen LogP contribution in [0.2, 0.25) is 0 Å². The number of imidazole rings is 1. The third-order valence-electron chi connectivity index (χ3n) is 5.86. The van der Waals surface area contributed by atoms with E-state index in [0.717, 1.165) is 24.1 Å². The average Bonchev–Trinajstić information content (AvgIpc) is 3.39. The highest BCUT2D eigenvalue weighted by molar-refractivity contribution is 5.82. The summed E-state index contributed by atoms with van der Waals surface area (Å²) in [7, 11) is 0. The van der Waals surface area contributed by atoms with Gasteiger partial charge in [0.25, 0.3) is 0 Å². The predicted octanol–water partition coefficient (Wildman–Crippen LogP) is 3.65. The molecule has 36 heavy (non-hydrogen) atoms. The van der Waals surface area contributed by atoms with Gasteiger partial charge in [-0.1, -0.05) is 0 Å². The monoisotopic (exact) mass is 495 g/mol. The van der Waals surface area contributed by atoms with E-state index in [-0.39, 0.29) is 11.4 Å². The number of nitrogen functional groups attached to an aromatic ring is 1. The van der Waals surface area contributed by atoms with Gasteiger partial charge in [0.2, 0.25) is 5.89 Å². The molecule has 0 radical (unpaired) electrons. The predicted molar refractivity (Wildman–Crippen MR) is 133 cm³/mol. The number of ether oxygens (including phenoxy) is 2. The Morgan fingerprint density at radius 3 is 2.56 bits per heavy atom. The fraction of sp³-hybridized carbons (Fsp3) is 0.440. The second-order valence-corrected chi connectivity index (χ2v) is 9.87. The number of nitrogens with two attached hydrogens (primary N) is 1. The number of oxazole rings is 1. The zero-order chi connectivity index (χ0) is 25.4. The minimum atomic E-state index is -0.879. The van der Waals surface area contributed by atoms with Crippen LogP contribution in [-0.4, -0.2) is 49.8 Å². The molecular formula is C25H30FN7O3. The van der Waals surface area contributed by atoms with Gasteiger partial charge in [0.1, 0.15) is 24.8 Å². The zero-order valence-electron chi connectivity index (χ0n) is 20.9. The summed E-state index contributed by atoms with van der Waals surface area (Å²) in [5.74, 6) is 3.13. The van der Waals surface area contributed by atoms with Crippen LogP contribution in [0.25, 0.3) is 22.6 Å². The van der Waals surface area contributed by atoms with Gasteiger partial charge in [0.15, 0.2) is 28.5 Å². The summed E-state index contributed by atoms with van der Waals surface area (Å²) < 4.78 is 33.5. The van der Waals surface area contributed by atoms with Gasteiger partial charge in [0, 0.05) is 24.1 Å². The lowest BCUT2D eigenvalue weighted by atomic mass is 10.0. The Morgan fingerprint density at radius 1 is 1.11 bits per heavy atom. The maximum absolute atomic E-state index is 14.1. The fourth-order valence-electron chi connectivity index (χ4n) is 4.24. The van der Waals surface area contributed by atoms with E-state index in [9.17, 15) is 4.39 Å². The van der Waals surface area contributed by atoms with Crippen LogP contribution in [0.15, 0.2) is 22.7 Å². The molecule has 4 aromatic rings. The first-order valence-corrected chi connectivity index (χ1v) is 12.0. The van der Waals surface area contributed by atoms with Crippen LogP contribution in [0.4, 0.5) is 10.2 Å². The third-order valence-corrected chi connectivity index (χ3v) is 5.86. The van der Waals surface area contributed by atoms with Crippen molar-refractivity contribution in [3.63, 3.8) is 0 Å². The third kappa shape index (κ3) is 4.97. The number of aryl methyl sites for hydroxylation is 2. The Labute approximate surface area is 208 Å². The van der Waals surface area contributed by atoms with Crippen molar-refractivity contribution in [2.24, 2.45) is 0 Å². The number of hydrogen-bond donors (Lipinski definition) is 2. The normalized spacial score (nSPS) is 13.5. The van der Waals surface area contributed by atoms with E-state index in [2.05, 4.69) is 41.0 Å². The average molecular weight is 496 g/mol. The van der Waals surface area contributed by atoms with E-state index in [0.29, 0.717) is 66.3 Å². The van der Waals surface area contributed by atoms with Crippen molar-refractivity contribution < 1.29 is 18.3 Å². The number of nitrogens with zero attached hydrogens (tertiary/aromatic N) is 5. The van der Waals surface area contributed by atoms with Crippen molar-refractivity contribution >= 4 is 17.0 Å². The van der Waals surface area contributed by atoms with Crippen LogP contribution in [0.3, 0.4) is 0 Å². The van der Waals surface area contributed by atoms with Crippen LogP contribution >= 0.6 is 0 Å². The molecule has 4 heterocycles.